The average Bonchev–Trinajstić information content (AvgIpc) is 2.35. The second kappa shape index (κ2) is 9.65. The third-order valence-corrected chi connectivity index (χ3v) is 4.37. The number of carbonyl (C=O) groups is 1. The van der Waals surface area contributed by atoms with Crippen LogP contribution in [-0.2, 0) is 9.53 Å². The summed E-state index contributed by atoms with van der Waals surface area (Å²) in [4.78, 5) is 12.1. The van der Waals surface area contributed by atoms with E-state index in [0.717, 1.165) is 19.3 Å². The molecule has 0 aromatic heterocycles. The lowest BCUT2D eigenvalue weighted by molar-refractivity contribution is -0.154. The van der Waals surface area contributed by atoms with Crippen LogP contribution in [0.2, 0.25) is 0 Å². The second-order valence-electron chi connectivity index (χ2n) is 6.35. The second-order valence-corrected chi connectivity index (χ2v) is 7.66. The lowest BCUT2D eigenvalue weighted by Crippen LogP contribution is -2.30. The van der Waals surface area contributed by atoms with Gasteiger partial charge in [0.05, 0.1) is 0 Å². The third kappa shape index (κ3) is 11.0. The lowest BCUT2D eigenvalue weighted by atomic mass is 10.1. The maximum Gasteiger partial charge on any atom is 0.319 e. The van der Waals surface area contributed by atoms with Crippen LogP contribution in [0, 0.1) is 0 Å². The topological polar surface area (TPSA) is 26.3 Å². The van der Waals surface area contributed by atoms with Gasteiger partial charge in [-0.1, -0.05) is 26.7 Å². The Morgan fingerprint density at radius 2 is 1.81 bits per heavy atom. The van der Waals surface area contributed by atoms with Crippen molar-refractivity contribution in [3.05, 3.63) is 0 Å². The Bertz CT molecular complexity index is 301. The van der Waals surface area contributed by atoms with E-state index in [9.17, 15) is 13.6 Å². The molecule has 21 heavy (non-hydrogen) atoms. The van der Waals surface area contributed by atoms with Crippen LogP contribution < -0.4 is 0 Å². The highest BCUT2D eigenvalue weighted by Crippen LogP contribution is 2.27. The highest BCUT2D eigenvalue weighted by atomic mass is 32.2. The van der Waals surface area contributed by atoms with E-state index in [4.69, 9.17) is 4.74 Å². The Labute approximate surface area is 132 Å². The Morgan fingerprint density at radius 3 is 2.29 bits per heavy atom. The van der Waals surface area contributed by atoms with E-state index in [2.05, 4.69) is 6.92 Å². The lowest BCUT2D eigenvalue weighted by Gasteiger charge is -2.24. The first-order chi connectivity index (χ1) is 9.61. The highest BCUT2D eigenvalue weighted by molar-refractivity contribution is 8.00. The molecule has 0 amide bonds. The summed E-state index contributed by atoms with van der Waals surface area (Å²) >= 11 is 1.45. The number of carbonyl (C=O) groups excluding carboxylic acids is 1. The van der Waals surface area contributed by atoms with E-state index < -0.39 is 11.5 Å². The number of hydrogen-bond acceptors (Lipinski definition) is 3. The van der Waals surface area contributed by atoms with Crippen LogP contribution in [0.4, 0.5) is 8.78 Å². The van der Waals surface area contributed by atoms with Crippen LogP contribution in [0.15, 0.2) is 0 Å². The summed E-state index contributed by atoms with van der Waals surface area (Å²) in [5.74, 6) is -2.22. The van der Waals surface area contributed by atoms with Gasteiger partial charge in [-0.2, -0.15) is 0 Å². The van der Waals surface area contributed by atoms with Gasteiger partial charge in [0.15, 0.2) is 0 Å². The quantitative estimate of drug-likeness (QED) is 0.395. The Morgan fingerprint density at radius 1 is 1.19 bits per heavy atom. The maximum atomic E-state index is 13.2. The SMILES string of the molecule is CCCCC(SCCCC(F)(F)CC)C(=O)OC(C)(C)C. The fourth-order valence-corrected chi connectivity index (χ4v) is 2.87. The third-order valence-electron chi connectivity index (χ3n) is 3.01. The molecule has 0 fully saturated rings. The monoisotopic (exact) mass is 324 g/mol. The van der Waals surface area contributed by atoms with Crippen molar-refractivity contribution in [1.29, 1.82) is 0 Å². The molecule has 2 nitrogen and oxygen atoms in total. The van der Waals surface area contributed by atoms with E-state index in [1.54, 1.807) is 0 Å². The number of rotatable bonds is 10. The zero-order valence-corrected chi connectivity index (χ0v) is 14.8. The smallest absolute Gasteiger partial charge is 0.319 e. The summed E-state index contributed by atoms with van der Waals surface area (Å²) in [6.45, 7) is 9.09. The van der Waals surface area contributed by atoms with E-state index in [1.165, 1.54) is 18.7 Å². The molecule has 0 radical (unpaired) electrons. The number of esters is 1. The van der Waals surface area contributed by atoms with Crippen molar-refractivity contribution in [2.24, 2.45) is 0 Å². The molecule has 0 aliphatic carbocycles. The number of ether oxygens (including phenoxy) is 1. The van der Waals surface area contributed by atoms with Crippen molar-refractivity contribution in [3.8, 4) is 0 Å². The summed E-state index contributed by atoms with van der Waals surface area (Å²) < 4.78 is 31.7. The van der Waals surface area contributed by atoms with Gasteiger partial charge in [0.1, 0.15) is 10.9 Å². The Balaban J connectivity index is 4.27. The van der Waals surface area contributed by atoms with Crippen molar-refractivity contribution in [2.45, 2.75) is 89.9 Å². The van der Waals surface area contributed by atoms with Crippen LogP contribution in [0.1, 0.15) is 73.1 Å². The zero-order chi connectivity index (χ0) is 16.5. The summed E-state index contributed by atoms with van der Waals surface area (Å²) in [5, 5.41) is -0.237. The van der Waals surface area contributed by atoms with E-state index in [0.29, 0.717) is 12.2 Å². The maximum absolute atomic E-state index is 13.2. The minimum atomic E-state index is -2.58. The van der Waals surface area contributed by atoms with Gasteiger partial charge in [-0.05, 0) is 39.4 Å². The number of alkyl halides is 2. The first-order valence-corrected chi connectivity index (χ1v) is 8.88. The minimum Gasteiger partial charge on any atom is -0.459 e. The zero-order valence-electron chi connectivity index (χ0n) is 14.0. The van der Waals surface area contributed by atoms with E-state index in [-0.39, 0.29) is 24.1 Å². The molecular formula is C16H30F2O2S. The molecule has 0 bridgehead atoms. The summed E-state index contributed by atoms with van der Waals surface area (Å²) in [7, 11) is 0. The molecule has 126 valence electrons. The van der Waals surface area contributed by atoms with E-state index in [1.807, 2.05) is 20.8 Å². The van der Waals surface area contributed by atoms with Gasteiger partial charge in [0.25, 0.3) is 0 Å². The number of hydrogen-bond donors (Lipinski definition) is 0. The average molecular weight is 324 g/mol. The van der Waals surface area contributed by atoms with Crippen molar-refractivity contribution in [2.75, 3.05) is 5.75 Å². The Hall–Kier alpha value is -0.320. The van der Waals surface area contributed by atoms with Gasteiger partial charge in [0.2, 0.25) is 5.92 Å². The van der Waals surface area contributed by atoms with Gasteiger partial charge < -0.3 is 4.74 Å². The molecule has 0 N–H and O–H groups in total. The number of unbranched alkanes of at least 4 members (excludes halogenated alkanes) is 1. The molecule has 0 spiro atoms. The van der Waals surface area contributed by atoms with Crippen LogP contribution in [0.25, 0.3) is 0 Å². The van der Waals surface area contributed by atoms with Gasteiger partial charge in [-0.25, -0.2) is 8.78 Å². The molecule has 0 heterocycles. The minimum absolute atomic E-state index is 0.106. The van der Waals surface area contributed by atoms with Crippen molar-refractivity contribution < 1.29 is 18.3 Å². The first kappa shape index (κ1) is 20.7. The fraction of sp³-hybridized carbons (Fsp3) is 0.938. The molecule has 0 aromatic carbocycles. The Kier molecular flexibility index (Phi) is 9.50. The molecule has 0 saturated carbocycles. The van der Waals surface area contributed by atoms with Crippen LogP contribution >= 0.6 is 11.8 Å². The normalized spacial score (nSPS) is 14.0. The summed E-state index contributed by atoms with van der Waals surface area (Å²) in [5.41, 5.74) is -0.503. The molecule has 0 aliphatic rings. The number of thioether (sulfide) groups is 1. The van der Waals surface area contributed by atoms with E-state index >= 15 is 0 Å². The molecule has 1 unspecified atom stereocenters. The predicted molar refractivity (Wildman–Crippen MR) is 86.1 cm³/mol. The molecule has 0 saturated heterocycles. The molecule has 0 rings (SSSR count). The van der Waals surface area contributed by atoms with Gasteiger partial charge in [-0.3, -0.25) is 4.79 Å². The molecule has 5 heteroatoms. The van der Waals surface area contributed by atoms with Gasteiger partial charge >= 0.3 is 5.97 Å². The summed E-state index contributed by atoms with van der Waals surface area (Å²) in [6, 6.07) is 0. The predicted octanol–water partition coefficient (Wildman–Crippen LogP) is 5.45. The number of halogens is 2. The largest absolute Gasteiger partial charge is 0.459 e. The molecule has 1 atom stereocenters. The molecule has 0 aromatic rings. The van der Waals surface area contributed by atoms with Crippen molar-refractivity contribution in [1.82, 2.24) is 0 Å². The fourth-order valence-electron chi connectivity index (χ4n) is 1.76. The standard InChI is InChI=1S/C16H30F2O2S/c1-6-8-10-13(14(19)20-15(3,4)5)21-12-9-11-16(17,18)7-2/h13H,6-12H2,1-5H3. The summed E-state index contributed by atoms with van der Waals surface area (Å²) in [6.07, 6.45) is 2.90. The van der Waals surface area contributed by atoms with Gasteiger partial charge in [0, 0.05) is 12.8 Å². The van der Waals surface area contributed by atoms with Crippen LogP contribution in [0.5, 0.6) is 0 Å². The van der Waals surface area contributed by atoms with Crippen LogP contribution in [-0.4, -0.2) is 28.5 Å². The molecule has 0 aliphatic heterocycles. The first-order valence-electron chi connectivity index (χ1n) is 7.83. The van der Waals surface area contributed by atoms with Gasteiger partial charge in [-0.15, -0.1) is 11.8 Å². The highest BCUT2D eigenvalue weighted by Gasteiger charge is 2.27. The van der Waals surface area contributed by atoms with Crippen molar-refractivity contribution in [3.63, 3.8) is 0 Å². The molecular weight excluding hydrogens is 294 g/mol. The van der Waals surface area contributed by atoms with Crippen molar-refractivity contribution >= 4 is 17.7 Å². The van der Waals surface area contributed by atoms with Crippen LogP contribution in [0.3, 0.4) is 0 Å².